The molecule has 1 aromatic carbocycles. The molecule has 0 bridgehead atoms. The highest BCUT2D eigenvalue weighted by Crippen LogP contribution is 2.22. The minimum atomic E-state index is -0.829. The normalized spacial score (nSPS) is 11.6. The Balaban J connectivity index is 2.23. The summed E-state index contributed by atoms with van der Waals surface area (Å²) in [5.41, 5.74) is 2.02. The van der Waals surface area contributed by atoms with E-state index in [1.807, 2.05) is 0 Å². The Hall–Kier alpha value is -3.09. The van der Waals surface area contributed by atoms with E-state index in [-0.39, 0.29) is 5.78 Å². The molecule has 138 valence electrons. The third kappa shape index (κ3) is 3.77. The first-order chi connectivity index (χ1) is 12.3. The molecule has 0 fully saturated rings. The Morgan fingerprint density at radius 1 is 1.04 bits per heavy atom. The number of benzene rings is 1. The summed E-state index contributed by atoms with van der Waals surface area (Å²) >= 11 is 0. The zero-order chi connectivity index (χ0) is 19.4. The van der Waals surface area contributed by atoms with Gasteiger partial charge in [0, 0.05) is 5.69 Å². The second kappa shape index (κ2) is 7.86. The number of methoxy groups -OCH3 is 2. The summed E-state index contributed by atoms with van der Waals surface area (Å²) in [4.78, 5) is 39.1. The topological polar surface area (TPSA) is 94.7 Å². The SMILES string of the molecule is COC(=O)c1cccc(O[C@H](C)C(=O)c2[nH]c(C)c(C(=O)OC)c2C)c1. The van der Waals surface area contributed by atoms with Gasteiger partial charge in [0.15, 0.2) is 6.10 Å². The minimum absolute atomic E-state index is 0.291. The first kappa shape index (κ1) is 19.2. The number of aromatic amines is 1. The van der Waals surface area contributed by atoms with E-state index < -0.39 is 18.0 Å². The molecule has 1 aromatic heterocycles. The van der Waals surface area contributed by atoms with Crippen molar-refractivity contribution in [3.8, 4) is 5.75 Å². The molecule has 0 radical (unpaired) electrons. The molecular weight excluding hydrogens is 338 g/mol. The maximum Gasteiger partial charge on any atom is 0.339 e. The van der Waals surface area contributed by atoms with Gasteiger partial charge in [0.1, 0.15) is 5.75 Å². The van der Waals surface area contributed by atoms with Crippen molar-refractivity contribution in [1.29, 1.82) is 0 Å². The molecule has 0 aliphatic heterocycles. The number of hydrogen-bond donors (Lipinski definition) is 1. The second-order valence-electron chi connectivity index (χ2n) is 5.76. The van der Waals surface area contributed by atoms with Crippen LogP contribution >= 0.6 is 0 Å². The van der Waals surface area contributed by atoms with Crippen LogP contribution in [-0.2, 0) is 9.47 Å². The molecule has 0 saturated heterocycles. The van der Waals surface area contributed by atoms with Crippen LogP contribution in [0.25, 0.3) is 0 Å². The quantitative estimate of drug-likeness (QED) is 0.629. The number of nitrogens with one attached hydrogen (secondary N) is 1. The first-order valence-corrected chi connectivity index (χ1v) is 7.96. The van der Waals surface area contributed by atoms with Gasteiger partial charge in [0.2, 0.25) is 5.78 Å². The standard InChI is InChI=1S/C19H21NO6/c1-10-15(19(23)25-5)11(2)20-16(10)17(21)12(3)26-14-8-6-7-13(9-14)18(22)24-4/h6-9,12,20H,1-5H3/t12-/m1/s1. The lowest BCUT2D eigenvalue weighted by Crippen LogP contribution is -2.25. The van der Waals surface area contributed by atoms with Gasteiger partial charge in [-0.3, -0.25) is 4.79 Å². The van der Waals surface area contributed by atoms with E-state index in [4.69, 9.17) is 9.47 Å². The molecule has 0 unspecified atom stereocenters. The van der Waals surface area contributed by atoms with Gasteiger partial charge >= 0.3 is 11.9 Å². The molecule has 1 heterocycles. The van der Waals surface area contributed by atoms with Gasteiger partial charge in [0.25, 0.3) is 0 Å². The zero-order valence-electron chi connectivity index (χ0n) is 15.3. The highest BCUT2D eigenvalue weighted by Gasteiger charge is 2.26. The Morgan fingerprint density at radius 2 is 1.69 bits per heavy atom. The fourth-order valence-electron chi connectivity index (χ4n) is 2.68. The lowest BCUT2D eigenvalue weighted by molar-refractivity contribution is 0.0591. The average Bonchev–Trinajstić information content (AvgIpc) is 2.94. The summed E-state index contributed by atoms with van der Waals surface area (Å²) in [6.45, 7) is 4.97. The summed E-state index contributed by atoms with van der Waals surface area (Å²) in [7, 11) is 2.58. The molecule has 1 atom stereocenters. The molecule has 0 aliphatic rings. The molecule has 2 aromatic rings. The minimum Gasteiger partial charge on any atom is -0.482 e. The number of H-pyrrole nitrogens is 1. The van der Waals surface area contributed by atoms with Crippen molar-refractivity contribution in [3.63, 3.8) is 0 Å². The van der Waals surface area contributed by atoms with E-state index in [0.717, 1.165) is 0 Å². The Labute approximate surface area is 151 Å². The monoisotopic (exact) mass is 359 g/mol. The largest absolute Gasteiger partial charge is 0.482 e. The summed E-state index contributed by atoms with van der Waals surface area (Å²) in [6.07, 6.45) is -0.829. The lowest BCUT2D eigenvalue weighted by atomic mass is 10.1. The van der Waals surface area contributed by atoms with Crippen LogP contribution in [0.15, 0.2) is 24.3 Å². The highest BCUT2D eigenvalue weighted by molar-refractivity contribution is 6.03. The number of Topliss-reactive ketones (excluding diaryl/α,β-unsaturated/α-hetero) is 1. The van der Waals surface area contributed by atoms with Gasteiger partial charge in [-0.1, -0.05) is 6.07 Å². The van der Waals surface area contributed by atoms with Crippen molar-refractivity contribution in [1.82, 2.24) is 4.98 Å². The molecule has 7 nitrogen and oxygen atoms in total. The third-order valence-corrected chi connectivity index (χ3v) is 4.01. The number of rotatable bonds is 6. The van der Waals surface area contributed by atoms with E-state index in [1.54, 1.807) is 39.0 Å². The summed E-state index contributed by atoms with van der Waals surface area (Å²) in [5, 5.41) is 0. The molecular formula is C19H21NO6. The van der Waals surface area contributed by atoms with Crippen molar-refractivity contribution >= 4 is 17.7 Å². The summed E-state index contributed by atoms with van der Waals surface area (Å²) in [5.74, 6) is -0.949. The third-order valence-electron chi connectivity index (χ3n) is 4.01. The predicted octanol–water partition coefficient (Wildman–Crippen LogP) is 2.85. The fraction of sp³-hybridized carbons (Fsp3) is 0.316. The Kier molecular flexibility index (Phi) is 5.82. The van der Waals surface area contributed by atoms with Crippen molar-refractivity contribution in [2.75, 3.05) is 14.2 Å². The Bertz CT molecular complexity index is 852. The molecule has 1 N–H and O–H groups in total. The van der Waals surface area contributed by atoms with Crippen LogP contribution in [-0.4, -0.2) is 43.0 Å². The number of esters is 2. The summed E-state index contributed by atoms with van der Waals surface area (Å²) < 4.78 is 15.1. The van der Waals surface area contributed by atoms with Gasteiger partial charge in [-0.2, -0.15) is 0 Å². The number of ether oxygens (including phenoxy) is 3. The number of aryl methyl sites for hydroxylation is 1. The van der Waals surface area contributed by atoms with Crippen molar-refractivity contribution in [2.24, 2.45) is 0 Å². The van der Waals surface area contributed by atoms with E-state index in [9.17, 15) is 14.4 Å². The molecule has 2 rings (SSSR count). The number of aromatic nitrogens is 1. The number of carbonyl (C=O) groups is 3. The van der Waals surface area contributed by atoms with Crippen LogP contribution < -0.4 is 4.74 Å². The molecule has 7 heteroatoms. The number of ketones is 1. The van der Waals surface area contributed by atoms with E-state index >= 15 is 0 Å². The predicted molar refractivity (Wildman–Crippen MR) is 93.8 cm³/mol. The molecule has 0 spiro atoms. The van der Waals surface area contributed by atoms with Crippen molar-refractivity contribution in [3.05, 3.63) is 52.3 Å². The Morgan fingerprint density at radius 3 is 2.31 bits per heavy atom. The number of carbonyl (C=O) groups excluding carboxylic acids is 3. The maximum absolute atomic E-state index is 12.7. The van der Waals surface area contributed by atoms with Crippen LogP contribution in [0, 0.1) is 13.8 Å². The maximum atomic E-state index is 12.7. The van der Waals surface area contributed by atoms with Crippen molar-refractivity contribution < 1.29 is 28.6 Å². The molecule has 0 saturated carbocycles. The highest BCUT2D eigenvalue weighted by atomic mass is 16.5. The van der Waals surface area contributed by atoms with Gasteiger partial charge in [0.05, 0.1) is 31.0 Å². The van der Waals surface area contributed by atoms with Gasteiger partial charge in [-0.15, -0.1) is 0 Å². The van der Waals surface area contributed by atoms with Crippen molar-refractivity contribution in [2.45, 2.75) is 26.9 Å². The molecule has 0 amide bonds. The molecule has 26 heavy (non-hydrogen) atoms. The number of hydrogen-bond acceptors (Lipinski definition) is 6. The van der Waals surface area contributed by atoms with Crippen LogP contribution in [0.2, 0.25) is 0 Å². The van der Waals surface area contributed by atoms with Crippen LogP contribution in [0.4, 0.5) is 0 Å². The van der Waals surface area contributed by atoms with Crippen LogP contribution in [0.3, 0.4) is 0 Å². The molecule has 0 aliphatic carbocycles. The smallest absolute Gasteiger partial charge is 0.339 e. The average molecular weight is 359 g/mol. The zero-order valence-corrected chi connectivity index (χ0v) is 15.3. The summed E-state index contributed by atoms with van der Waals surface area (Å²) in [6, 6.07) is 6.37. The van der Waals surface area contributed by atoms with Crippen LogP contribution in [0.1, 0.15) is 49.4 Å². The fourth-order valence-corrected chi connectivity index (χ4v) is 2.68. The second-order valence-corrected chi connectivity index (χ2v) is 5.76. The lowest BCUT2D eigenvalue weighted by Gasteiger charge is -2.14. The van der Waals surface area contributed by atoms with E-state index in [1.165, 1.54) is 20.3 Å². The van der Waals surface area contributed by atoms with E-state index in [0.29, 0.717) is 33.8 Å². The first-order valence-electron chi connectivity index (χ1n) is 7.96. The van der Waals surface area contributed by atoms with Gasteiger partial charge in [-0.05, 0) is 44.5 Å². The van der Waals surface area contributed by atoms with Crippen LogP contribution in [0.5, 0.6) is 5.75 Å². The van der Waals surface area contributed by atoms with Gasteiger partial charge < -0.3 is 19.2 Å². The van der Waals surface area contributed by atoms with Gasteiger partial charge in [-0.25, -0.2) is 9.59 Å². The van der Waals surface area contributed by atoms with E-state index in [2.05, 4.69) is 9.72 Å².